The van der Waals surface area contributed by atoms with Gasteiger partial charge in [0.25, 0.3) is 0 Å². The van der Waals surface area contributed by atoms with E-state index in [1.54, 1.807) is 0 Å². The topological polar surface area (TPSA) is 25.2 Å². The molecule has 3 aromatic rings. The average Bonchev–Trinajstić information content (AvgIpc) is 2.74. The van der Waals surface area contributed by atoms with Crippen molar-refractivity contribution in [3.63, 3.8) is 0 Å². The van der Waals surface area contributed by atoms with E-state index in [1.165, 1.54) is 21.9 Å². The van der Waals surface area contributed by atoms with Crippen LogP contribution in [0.1, 0.15) is 16.8 Å². The Labute approximate surface area is 119 Å². The Balaban J connectivity index is 2.17. The van der Waals surface area contributed by atoms with Crippen molar-refractivity contribution in [1.82, 2.24) is 4.57 Å². The smallest absolute Gasteiger partial charge is 0.0699 e. The van der Waals surface area contributed by atoms with Gasteiger partial charge < -0.3 is 9.67 Å². The van der Waals surface area contributed by atoms with Crippen LogP contribution < -0.4 is 0 Å². The van der Waals surface area contributed by atoms with Gasteiger partial charge in [0.05, 0.1) is 6.61 Å². The van der Waals surface area contributed by atoms with Gasteiger partial charge in [-0.2, -0.15) is 0 Å². The van der Waals surface area contributed by atoms with Gasteiger partial charge in [-0.15, -0.1) is 0 Å². The predicted molar refractivity (Wildman–Crippen MR) is 83.8 cm³/mol. The molecule has 0 amide bonds. The van der Waals surface area contributed by atoms with Gasteiger partial charge in [-0.1, -0.05) is 35.9 Å². The van der Waals surface area contributed by atoms with Crippen LogP contribution in [0.15, 0.2) is 42.5 Å². The zero-order chi connectivity index (χ0) is 14.3. The standard InChI is InChI=1S/C18H19NO/c1-12-4-5-15-9-16(7-6-14(15)8-12)18-10-17(11-20)13(2)19(18)3/h4-10,20H,11H2,1-3H3. The van der Waals surface area contributed by atoms with Crippen LogP contribution >= 0.6 is 0 Å². The number of nitrogens with zero attached hydrogens (tertiary/aromatic N) is 1. The molecule has 2 aromatic carbocycles. The summed E-state index contributed by atoms with van der Waals surface area (Å²) in [6.45, 7) is 4.24. The Morgan fingerprint density at radius 1 is 0.950 bits per heavy atom. The summed E-state index contributed by atoms with van der Waals surface area (Å²) < 4.78 is 2.14. The van der Waals surface area contributed by atoms with Crippen molar-refractivity contribution in [2.75, 3.05) is 0 Å². The molecule has 0 aliphatic heterocycles. The monoisotopic (exact) mass is 265 g/mol. The van der Waals surface area contributed by atoms with Crippen LogP contribution in [0, 0.1) is 13.8 Å². The van der Waals surface area contributed by atoms with Crippen LogP contribution in [0.5, 0.6) is 0 Å². The average molecular weight is 265 g/mol. The molecule has 3 rings (SSSR count). The molecule has 0 atom stereocenters. The third-order valence-corrected chi connectivity index (χ3v) is 4.10. The molecule has 0 radical (unpaired) electrons. The second-order valence-electron chi connectivity index (χ2n) is 5.42. The Bertz CT molecular complexity index is 783. The van der Waals surface area contributed by atoms with Crippen LogP contribution in [0.3, 0.4) is 0 Å². The maximum Gasteiger partial charge on any atom is 0.0699 e. The first-order valence-corrected chi connectivity index (χ1v) is 6.87. The van der Waals surface area contributed by atoms with Gasteiger partial charge in [-0.3, -0.25) is 0 Å². The predicted octanol–water partition coefficient (Wildman–Crippen LogP) is 3.95. The minimum atomic E-state index is 0.0897. The lowest BCUT2D eigenvalue weighted by Crippen LogP contribution is -1.95. The molecule has 0 fully saturated rings. The van der Waals surface area contributed by atoms with E-state index >= 15 is 0 Å². The maximum atomic E-state index is 9.39. The molecule has 2 nitrogen and oxygen atoms in total. The number of fused-ring (bicyclic) bond motifs is 1. The lowest BCUT2D eigenvalue weighted by Gasteiger charge is -2.07. The van der Waals surface area contributed by atoms with Crippen LogP contribution in [0.2, 0.25) is 0 Å². The lowest BCUT2D eigenvalue weighted by molar-refractivity contribution is 0.281. The fourth-order valence-corrected chi connectivity index (χ4v) is 2.72. The first-order valence-electron chi connectivity index (χ1n) is 6.87. The number of rotatable bonds is 2. The van der Waals surface area contributed by atoms with Crippen molar-refractivity contribution in [2.24, 2.45) is 7.05 Å². The van der Waals surface area contributed by atoms with Crippen LogP contribution in [0.4, 0.5) is 0 Å². The van der Waals surface area contributed by atoms with E-state index in [0.29, 0.717) is 0 Å². The Morgan fingerprint density at radius 2 is 1.65 bits per heavy atom. The summed E-state index contributed by atoms with van der Waals surface area (Å²) in [5.41, 5.74) is 5.72. The summed E-state index contributed by atoms with van der Waals surface area (Å²) in [6.07, 6.45) is 0. The summed E-state index contributed by atoms with van der Waals surface area (Å²) >= 11 is 0. The first-order chi connectivity index (χ1) is 9.60. The molecule has 20 heavy (non-hydrogen) atoms. The molecular weight excluding hydrogens is 246 g/mol. The minimum absolute atomic E-state index is 0.0897. The molecular formula is C18H19NO. The molecule has 102 valence electrons. The third kappa shape index (κ3) is 2.02. The highest BCUT2D eigenvalue weighted by molar-refractivity contribution is 5.87. The van der Waals surface area contributed by atoms with Crippen molar-refractivity contribution >= 4 is 10.8 Å². The van der Waals surface area contributed by atoms with Crippen molar-refractivity contribution in [1.29, 1.82) is 0 Å². The molecule has 0 aliphatic rings. The number of hydrogen-bond donors (Lipinski definition) is 1. The maximum absolute atomic E-state index is 9.39. The zero-order valence-electron chi connectivity index (χ0n) is 12.1. The zero-order valence-corrected chi connectivity index (χ0v) is 12.1. The molecule has 0 unspecified atom stereocenters. The van der Waals surface area contributed by atoms with Crippen molar-refractivity contribution < 1.29 is 5.11 Å². The quantitative estimate of drug-likeness (QED) is 0.745. The van der Waals surface area contributed by atoms with Gasteiger partial charge in [-0.05, 0) is 47.9 Å². The van der Waals surface area contributed by atoms with E-state index in [1.807, 2.05) is 14.0 Å². The highest BCUT2D eigenvalue weighted by Gasteiger charge is 2.10. The fraction of sp³-hybridized carbons (Fsp3) is 0.222. The van der Waals surface area contributed by atoms with Gasteiger partial charge in [-0.25, -0.2) is 0 Å². The van der Waals surface area contributed by atoms with Gasteiger partial charge >= 0.3 is 0 Å². The van der Waals surface area contributed by atoms with Gasteiger partial charge in [0.15, 0.2) is 0 Å². The van der Waals surface area contributed by atoms with Gasteiger partial charge in [0.2, 0.25) is 0 Å². The van der Waals surface area contributed by atoms with Crippen LogP contribution in [-0.4, -0.2) is 9.67 Å². The molecule has 0 saturated carbocycles. The van der Waals surface area contributed by atoms with E-state index < -0.39 is 0 Å². The molecule has 1 N–H and O–H groups in total. The number of aliphatic hydroxyl groups excluding tert-OH is 1. The molecule has 2 heteroatoms. The molecule has 0 spiro atoms. The number of aliphatic hydroxyl groups is 1. The van der Waals surface area contributed by atoms with E-state index in [9.17, 15) is 5.11 Å². The summed E-state index contributed by atoms with van der Waals surface area (Å²) in [5.74, 6) is 0. The van der Waals surface area contributed by atoms with Crippen LogP contribution in [-0.2, 0) is 13.7 Å². The number of aromatic nitrogens is 1. The lowest BCUT2D eigenvalue weighted by atomic mass is 10.0. The normalized spacial score (nSPS) is 11.2. The Hall–Kier alpha value is -2.06. The third-order valence-electron chi connectivity index (χ3n) is 4.10. The molecule has 1 aromatic heterocycles. The highest BCUT2D eigenvalue weighted by atomic mass is 16.3. The SMILES string of the molecule is Cc1ccc2cc(-c3cc(CO)c(C)n3C)ccc2c1. The van der Waals surface area contributed by atoms with E-state index in [4.69, 9.17) is 0 Å². The van der Waals surface area contributed by atoms with Crippen molar-refractivity contribution in [3.8, 4) is 11.3 Å². The number of aryl methyl sites for hydroxylation is 1. The molecule has 0 bridgehead atoms. The minimum Gasteiger partial charge on any atom is -0.392 e. The molecule has 1 heterocycles. The van der Waals surface area contributed by atoms with E-state index in [2.05, 4.69) is 54.0 Å². The van der Waals surface area contributed by atoms with Crippen molar-refractivity contribution in [3.05, 3.63) is 59.3 Å². The van der Waals surface area contributed by atoms with E-state index in [0.717, 1.165) is 17.0 Å². The fourth-order valence-electron chi connectivity index (χ4n) is 2.72. The molecule has 0 saturated heterocycles. The number of benzene rings is 2. The highest BCUT2D eigenvalue weighted by Crippen LogP contribution is 2.28. The van der Waals surface area contributed by atoms with Gasteiger partial charge in [0, 0.05) is 18.4 Å². The summed E-state index contributed by atoms with van der Waals surface area (Å²) in [7, 11) is 2.04. The Morgan fingerprint density at radius 3 is 2.35 bits per heavy atom. The van der Waals surface area contributed by atoms with E-state index in [-0.39, 0.29) is 6.61 Å². The largest absolute Gasteiger partial charge is 0.392 e. The summed E-state index contributed by atoms with van der Waals surface area (Å²) in [4.78, 5) is 0. The number of hydrogen-bond acceptors (Lipinski definition) is 1. The summed E-state index contributed by atoms with van der Waals surface area (Å²) in [5, 5.41) is 11.9. The second kappa shape index (κ2) is 4.80. The summed E-state index contributed by atoms with van der Waals surface area (Å²) in [6, 6.07) is 15.1. The first kappa shape index (κ1) is 12.9. The molecule has 0 aliphatic carbocycles. The Kier molecular flexibility index (Phi) is 3.11. The van der Waals surface area contributed by atoms with Gasteiger partial charge in [0.1, 0.15) is 0 Å². The second-order valence-corrected chi connectivity index (χ2v) is 5.42. The van der Waals surface area contributed by atoms with Crippen LogP contribution in [0.25, 0.3) is 22.0 Å². The van der Waals surface area contributed by atoms with Crippen molar-refractivity contribution in [2.45, 2.75) is 20.5 Å².